The summed E-state index contributed by atoms with van der Waals surface area (Å²) in [5.74, 6) is -0.925. The van der Waals surface area contributed by atoms with Crippen molar-refractivity contribution in [2.75, 3.05) is 7.11 Å². The quantitative estimate of drug-likeness (QED) is 0.381. The molecule has 14 heavy (non-hydrogen) atoms. The maximum absolute atomic E-state index is 10.8. The smallest absolute Gasteiger partial charge is 0.249 e. The first-order valence-electron chi connectivity index (χ1n) is 4.00. The van der Waals surface area contributed by atoms with Crippen LogP contribution in [0.3, 0.4) is 0 Å². The van der Waals surface area contributed by atoms with Crippen LogP contribution >= 0.6 is 0 Å². The summed E-state index contributed by atoms with van der Waals surface area (Å²) in [5.41, 5.74) is 4.91. The molecule has 1 saturated heterocycles. The Morgan fingerprint density at radius 3 is 2.29 bits per heavy atom. The summed E-state index contributed by atoms with van der Waals surface area (Å²) in [6.45, 7) is 0. The second-order valence-corrected chi connectivity index (χ2v) is 3.03. The fourth-order valence-electron chi connectivity index (χ4n) is 1.28. The van der Waals surface area contributed by atoms with E-state index in [1.807, 2.05) is 0 Å². The molecule has 7 nitrogen and oxygen atoms in total. The summed E-state index contributed by atoms with van der Waals surface area (Å²) >= 11 is 0. The number of nitrogens with two attached hydrogens (primary N) is 1. The number of rotatable bonds is 2. The summed E-state index contributed by atoms with van der Waals surface area (Å²) in [4.78, 5) is 10.8. The number of carbonyl (C=O) groups excluding carboxylic acids is 1. The standard InChI is InChI=1S/C7H13NO6/c1-13-7-4(11)2(9)3(10)5(14-7)6(8)12/h2-5,7,9-11H,1H3,(H2,8,12)/t2-,3-,4+,5-,7+/m0/s1. The number of amides is 1. The van der Waals surface area contributed by atoms with Crippen LogP contribution in [0.15, 0.2) is 0 Å². The molecular formula is C7H13NO6. The number of methoxy groups -OCH3 is 1. The number of hydrogen-bond donors (Lipinski definition) is 4. The molecule has 0 radical (unpaired) electrons. The molecule has 82 valence electrons. The highest BCUT2D eigenvalue weighted by atomic mass is 16.7. The zero-order chi connectivity index (χ0) is 10.9. The molecule has 0 aromatic carbocycles. The highest BCUT2D eigenvalue weighted by molar-refractivity contribution is 5.79. The molecule has 0 bridgehead atoms. The van der Waals surface area contributed by atoms with Crippen LogP contribution in [0.5, 0.6) is 0 Å². The third-order valence-corrected chi connectivity index (χ3v) is 2.08. The van der Waals surface area contributed by atoms with Crippen molar-refractivity contribution in [3.63, 3.8) is 0 Å². The predicted molar refractivity (Wildman–Crippen MR) is 42.9 cm³/mol. The molecule has 0 spiro atoms. The van der Waals surface area contributed by atoms with Crippen molar-refractivity contribution in [1.82, 2.24) is 0 Å². The van der Waals surface area contributed by atoms with Gasteiger partial charge in [-0.05, 0) is 0 Å². The second-order valence-electron chi connectivity index (χ2n) is 3.03. The Bertz CT molecular complexity index is 220. The minimum atomic E-state index is -1.55. The van der Waals surface area contributed by atoms with E-state index >= 15 is 0 Å². The number of carbonyl (C=O) groups is 1. The van der Waals surface area contributed by atoms with Gasteiger partial charge in [0.2, 0.25) is 5.91 Å². The fourth-order valence-corrected chi connectivity index (χ4v) is 1.28. The molecule has 0 aromatic heterocycles. The first-order chi connectivity index (χ1) is 6.49. The highest BCUT2D eigenvalue weighted by Gasteiger charge is 2.46. The SMILES string of the molecule is CO[C@@H]1O[C@H](C(N)=O)[C@@H](O)[C@H](O)[C@H]1O. The largest absolute Gasteiger partial charge is 0.387 e. The van der Waals surface area contributed by atoms with Gasteiger partial charge in [-0.3, -0.25) is 4.79 Å². The molecule has 0 aromatic rings. The van der Waals surface area contributed by atoms with E-state index in [0.717, 1.165) is 0 Å². The van der Waals surface area contributed by atoms with E-state index < -0.39 is 36.6 Å². The van der Waals surface area contributed by atoms with Crippen molar-refractivity contribution in [3.05, 3.63) is 0 Å². The summed E-state index contributed by atoms with van der Waals surface area (Å²) in [7, 11) is 1.23. The lowest BCUT2D eigenvalue weighted by Crippen LogP contribution is -2.61. The molecule has 0 aliphatic carbocycles. The van der Waals surface area contributed by atoms with Gasteiger partial charge >= 0.3 is 0 Å². The van der Waals surface area contributed by atoms with Gasteiger partial charge in [0, 0.05) is 7.11 Å². The fraction of sp³-hybridized carbons (Fsp3) is 0.857. The van der Waals surface area contributed by atoms with Crippen LogP contribution in [0.4, 0.5) is 0 Å². The molecule has 1 amide bonds. The predicted octanol–water partition coefficient (Wildman–Crippen LogP) is -3.07. The van der Waals surface area contributed by atoms with Crippen molar-refractivity contribution < 1.29 is 29.6 Å². The number of aliphatic hydroxyl groups is 3. The van der Waals surface area contributed by atoms with Gasteiger partial charge in [-0.1, -0.05) is 0 Å². The third-order valence-electron chi connectivity index (χ3n) is 2.08. The number of primary amides is 1. The van der Waals surface area contributed by atoms with E-state index in [2.05, 4.69) is 4.74 Å². The first kappa shape index (κ1) is 11.3. The van der Waals surface area contributed by atoms with Crippen LogP contribution in [-0.2, 0) is 14.3 Å². The van der Waals surface area contributed by atoms with Crippen LogP contribution < -0.4 is 5.73 Å². The lowest BCUT2D eigenvalue weighted by atomic mass is 9.98. The van der Waals surface area contributed by atoms with Crippen molar-refractivity contribution in [2.24, 2.45) is 5.73 Å². The van der Waals surface area contributed by atoms with Gasteiger partial charge in [-0.2, -0.15) is 0 Å². The number of ether oxygens (including phenoxy) is 2. The third kappa shape index (κ3) is 1.86. The minimum Gasteiger partial charge on any atom is -0.387 e. The average molecular weight is 207 g/mol. The van der Waals surface area contributed by atoms with Gasteiger partial charge in [0.25, 0.3) is 0 Å². The number of aliphatic hydroxyl groups excluding tert-OH is 3. The Labute approximate surface area is 80.0 Å². The Morgan fingerprint density at radius 1 is 1.29 bits per heavy atom. The Morgan fingerprint density at radius 2 is 1.86 bits per heavy atom. The summed E-state index contributed by atoms with van der Waals surface area (Å²) in [6.07, 6.45) is -7.03. The van der Waals surface area contributed by atoms with Gasteiger partial charge in [-0.25, -0.2) is 0 Å². The molecular weight excluding hydrogens is 194 g/mol. The van der Waals surface area contributed by atoms with Gasteiger partial charge < -0.3 is 30.5 Å². The van der Waals surface area contributed by atoms with E-state index in [0.29, 0.717) is 0 Å². The molecule has 1 fully saturated rings. The lowest BCUT2D eigenvalue weighted by molar-refractivity contribution is -0.283. The Hall–Kier alpha value is -0.730. The zero-order valence-electron chi connectivity index (χ0n) is 7.53. The summed E-state index contributed by atoms with van der Waals surface area (Å²) < 4.78 is 9.49. The van der Waals surface area contributed by atoms with Crippen molar-refractivity contribution in [3.8, 4) is 0 Å². The molecule has 1 rings (SSSR count). The van der Waals surface area contributed by atoms with Crippen LogP contribution in [0, 0.1) is 0 Å². The number of hydrogen-bond acceptors (Lipinski definition) is 6. The van der Waals surface area contributed by atoms with Crippen molar-refractivity contribution >= 4 is 5.91 Å². The van der Waals surface area contributed by atoms with Gasteiger partial charge in [-0.15, -0.1) is 0 Å². The van der Waals surface area contributed by atoms with Crippen LogP contribution in [0.25, 0.3) is 0 Å². The Kier molecular flexibility index (Phi) is 3.40. The molecule has 7 heteroatoms. The lowest BCUT2D eigenvalue weighted by Gasteiger charge is -2.38. The summed E-state index contributed by atoms with van der Waals surface area (Å²) in [5, 5.41) is 27.9. The van der Waals surface area contributed by atoms with Gasteiger partial charge in [0.15, 0.2) is 12.4 Å². The van der Waals surface area contributed by atoms with Crippen molar-refractivity contribution in [2.45, 2.75) is 30.7 Å². The Balaban J connectivity index is 2.78. The molecule has 0 unspecified atom stereocenters. The van der Waals surface area contributed by atoms with Gasteiger partial charge in [0.05, 0.1) is 0 Å². The van der Waals surface area contributed by atoms with E-state index in [9.17, 15) is 20.1 Å². The molecule has 5 atom stereocenters. The molecule has 1 heterocycles. The van der Waals surface area contributed by atoms with Crippen LogP contribution in [-0.4, -0.2) is 59.0 Å². The molecule has 5 N–H and O–H groups in total. The zero-order valence-corrected chi connectivity index (χ0v) is 7.53. The van der Waals surface area contributed by atoms with Gasteiger partial charge in [0.1, 0.15) is 18.3 Å². The maximum atomic E-state index is 10.8. The molecule has 1 aliphatic heterocycles. The van der Waals surface area contributed by atoms with E-state index in [4.69, 9.17) is 10.5 Å². The van der Waals surface area contributed by atoms with Crippen LogP contribution in [0.1, 0.15) is 0 Å². The average Bonchev–Trinajstić information content (AvgIpc) is 2.14. The monoisotopic (exact) mass is 207 g/mol. The van der Waals surface area contributed by atoms with Crippen LogP contribution in [0.2, 0.25) is 0 Å². The topological polar surface area (TPSA) is 122 Å². The highest BCUT2D eigenvalue weighted by Crippen LogP contribution is 2.21. The second kappa shape index (κ2) is 4.20. The normalized spacial score (nSPS) is 43.6. The molecule has 1 aliphatic rings. The van der Waals surface area contributed by atoms with E-state index in [1.54, 1.807) is 0 Å². The minimum absolute atomic E-state index is 0.925. The first-order valence-corrected chi connectivity index (χ1v) is 4.00. The summed E-state index contributed by atoms with van der Waals surface area (Å²) in [6, 6.07) is 0. The molecule has 0 saturated carbocycles. The van der Waals surface area contributed by atoms with Crippen molar-refractivity contribution in [1.29, 1.82) is 0 Å². The maximum Gasteiger partial charge on any atom is 0.249 e. The van der Waals surface area contributed by atoms with E-state index in [1.165, 1.54) is 7.11 Å². The van der Waals surface area contributed by atoms with E-state index in [-0.39, 0.29) is 0 Å².